The Kier molecular flexibility index (Phi) is 1.60. The Morgan fingerprint density at radius 1 is 1.40 bits per heavy atom. The van der Waals surface area contributed by atoms with Crippen LogP contribution in [0.25, 0.3) is 0 Å². The molecule has 2 saturated carbocycles. The van der Waals surface area contributed by atoms with Gasteiger partial charge in [-0.3, -0.25) is 0 Å². The van der Waals surface area contributed by atoms with Crippen LogP contribution in [0.1, 0.15) is 12.8 Å². The van der Waals surface area contributed by atoms with Crippen LogP contribution in [0.3, 0.4) is 0 Å². The first kappa shape index (κ1) is 6.85. The van der Waals surface area contributed by atoms with Crippen LogP contribution in [0.4, 0.5) is 0 Å². The molecule has 0 aromatic rings. The predicted molar refractivity (Wildman–Crippen MR) is 39.2 cm³/mol. The Morgan fingerprint density at radius 2 is 2.00 bits per heavy atom. The summed E-state index contributed by atoms with van der Waals surface area (Å²) in [6.07, 6.45) is 3.94. The maximum absolute atomic E-state index is 10.3. The molecule has 2 aliphatic carbocycles. The van der Waals surface area contributed by atoms with E-state index in [1.165, 1.54) is 0 Å². The van der Waals surface area contributed by atoms with Gasteiger partial charge in [0.05, 0.1) is 0 Å². The van der Waals surface area contributed by atoms with E-state index in [0.29, 0.717) is 23.9 Å². The van der Waals surface area contributed by atoms with Gasteiger partial charge in [0.15, 0.2) is 0 Å². The molecule has 0 aromatic heterocycles. The van der Waals surface area contributed by atoms with Gasteiger partial charge in [0.2, 0.25) is 0 Å². The zero-order valence-electron chi connectivity index (χ0n) is 6.12. The first-order valence-corrected chi connectivity index (χ1v) is 4.66. The van der Waals surface area contributed by atoms with Crippen LogP contribution in [0.15, 0.2) is 0 Å². The van der Waals surface area contributed by atoms with Gasteiger partial charge in [0, 0.05) is 12.0 Å². The van der Waals surface area contributed by atoms with Crippen molar-refractivity contribution in [2.45, 2.75) is 18.9 Å². The molecular weight excluding hydrogens is 143 g/mol. The highest BCUT2D eigenvalue weighted by molar-refractivity contribution is 5.98. The van der Waals surface area contributed by atoms with Crippen LogP contribution in [0.2, 0.25) is 0 Å². The van der Waals surface area contributed by atoms with Crippen LogP contribution in [0, 0.1) is 17.8 Å². The largest absolute Gasteiger partial charge is 0.504 e. The van der Waals surface area contributed by atoms with Crippen molar-refractivity contribution in [1.29, 1.82) is 0 Å². The van der Waals surface area contributed by atoms with Gasteiger partial charge < -0.3 is 8.58 Å². The first-order chi connectivity index (χ1) is 4.86. The van der Waals surface area contributed by atoms with Gasteiger partial charge in [-0.25, -0.2) is 0 Å². The maximum Gasteiger partial charge on any atom is 0.410 e. The summed E-state index contributed by atoms with van der Waals surface area (Å²) in [5, 5.41) is 0. The fourth-order valence-electron chi connectivity index (χ4n) is 2.24. The zero-order valence-corrected chi connectivity index (χ0v) is 8.12. The highest BCUT2D eigenvalue weighted by Gasteiger charge is 2.55. The van der Waals surface area contributed by atoms with Crippen molar-refractivity contribution >= 4 is 22.9 Å². The third-order valence-corrected chi connectivity index (χ3v) is 3.63. The van der Waals surface area contributed by atoms with Crippen molar-refractivity contribution in [3.05, 3.63) is 0 Å². The lowest BCUT2D eigenvalue weighted by molar-refractivity contribution is -0.109. The van der Waals surface area contributed by atoms with Gasteiger partial charge in [-0.1, -0.05) is 0 Å². The lowest BCUT2D eigenvalue weighted by atomic mass is 10.1. The Bertz CT molecular complexity index is 148. The molecule has 0 amide bonds. The van der Waals surface area contributed by atoms with Gasteiger partial charge in [0.25, 0.3) is 0 Å². The second kappa shape index (κ2) is 2.34. The van der Waals surface area contributed by atoms with Gasteiger partial charge >= 0.3 is 16.6 Å². The summed E-state index contributed by atoms with van der Waals surface area (Å²) in [6, 6.07) is 0. The van der Waals surface area contributed by atoms with E-state index in [4.69, 9.17) is 3.79 Å². The molecule has 0 spiro atoms. The predicted octanol–water partition coefficient (Wildman–Crippen LogP) is -0.225. The van der Waals surface area contributed by atoms with Crippen molar-refractivity contribution in [2.75, 3.05) is 0 Å². The fourth-order valence-corrected chi connectivity index (χ4v) is 2.62. The second-order valence-corrected chi connectivity index (χ2v) is 3.84. The smallest absolute Gasteiger partial charge is 0.410 e. The topological polar surface area (TPSA) is 26.3 Å². The highest BCUT2D eigenvalue weighted by Crippen LogP contribution is 2.56. The van der Waals surface area contributed by atoms with Gasteiger partial charge in [-0.05, 0) is 24.7 Å². The molecule has 0 radical (unpaired) electrons. The number of hydrogen-bond acceptors (Lipinski definition) is 2. The van der Waals surface area contributed by atoms with Crippen LogP contribution < -0.4 is 0 Å². The van der Waals surface area contributed by atoms with Crippen LogP contribution >= 0.6 is 0 Å². The van der Waals surface area contributed by atoms with Crippen LogP contribution in [0.5, 0.6) is 0 Å². The summed E-state index contributed by atoms with van der Waals surface area (Å²) in [5.74, 6) is 1.82. The first-order valence-electron chi connectivity index (χ1n) is 3.85. The van der Waals surface area contributed by atoms with Crippen LogP contribution in [-0.4, -0.2) is 29.0 Å². The molecular formula is C7H11AlO2. The van der Waals surface area contributed by atoms with Crippen molar-refractivity contribution in [3.8, 4) is 0 Å². The van der Waals surface area contributed by atoms with Crippen molar-refractivity contribution in [2.24, 2.45) is 17.8 Å². The Labute approximate surface area is 68.7 Å². The second-order valence-electron chi connectivity index (χ2n) is 3.37. The number of carbonyl (C=O) groups is 1. The normalized spacial score (nSPS) is 50.4. The Hall–Kier alpha value is 0.162. The molecule has 10 heavy (non-hydrogen) atoms. The summed E-state index contributed by atoms with van der Waals surface area (Å²) in [7, 11) is 0. The lowest BCUT2D eigenvalue weighted by Gasteiger charge is -2.10. The van der Waals surface area contributed by atoms with Crippen molar-refractivity contribution in [3.63, 3.8) is 0 Å². The molecule has 2 aliphatic rings. The van der Waals surface area contributed by atoms with E-state index in [9.17, 15) is 4.79 Å². The number of fused-ring (bicyclic) bond motifs is 1. The van der Waals surface area contributed by atoms with E-state index in [-0.39, 0.29) is 0 Å². The number of rotatable bonds is 2. The number of aldehydes is 1. The van der Waals surface area contributed by atoms with Crippen LogP contribution in [-0.2, 0) is 8.58 Å². The van der Waals surface area contributed by atoms with Gasteiger partial charge in [-0.2, -0.15) is 0 Å². The highest BCUT2D eigenvalue weighted by atomic mass is 27.1. The standard InChI is InChI=1S/C7H9O2.Al.2H/c8-3-7-5-1-4(9)2-6(5)7;;;/h3-7H,1-2H2;;;/q-1;+1;;/t4?,5-,6+,7?;;;. The molecule has 2 fully saturated rings. The SMILES string of the molecule is O=CC1[C@H]2CC([O][AlH2])C[C@@H]12. The van der Waals surface area contributed by atoms with E-state index in [2.05, 4.69) is 0 Å². The quantitative estimate of drug-likeness (QED) is 0.406. The maximum atomic E-state index is 10.3. The minimum absolute atomic E-state index is 0.410. The van der Waals surface area contributed by atoms with Gasteiger partial charge in [-0.15, -0.1) is 0 Å². The third kappa shape index (κ3) is 0.853. The molecule has 4 atom stereocenters. The molecule has 0 bridgehead atoms. The van der Waals surface area contributed by atoms with E-state index in [1.807, 2.05) is 0 Å². The minimum Gasteiger partial charge on any atom is -0.504 e. The molecule has 54 valence electrons. The molecule has 2 unspecified atom stereocenters. The Balaban J connectivity index is 1.89. The summed E-state index contributed by atoms with van der Waals surface area (Å²) < 4.78 is 5.33. The fraction of sp³-hybridized carbons (Fsp3) is 0.857. The van der Waals surface area contributed by atoms with E-state index < -0.39 is 0 Å². The van der Waals surface area contributed by atoms with Gasteiger partial charge in [0.1, 0.15) is 6.29 Å². The Morgan fingerprint density at radius 3 is 2.40 bits per heavy atom. The van der Waals surface area contributed by atoms with Crippen molar-refractivity contribution < 1.29 is 8.58 Å². The van der Waals surface area contributed by atoms with E-state index in [0.717, 1.165) is 35.8 Å². The van der Waals surface area contributed by atoms with Crippen molar-refractivity contribution in [1.82, 2.24) is 0 Å². The molecule has 0 N–H and O–H groups in total. The molecule has 0 heterocycles. The molecule has 0 aromatic carbocycles. The summed E-state index contributed by atoms with van der Waals surface area (Å²) in [4.78, 5) is 10.3. The molecule has 0 aliphatic heterocycles. The molecule has 2 nitrogen and oxygen atoms in total. The van der Waals surface area contributed by atoms with E-state index in [1.54, 1.807) is 0 Å². The molecule has 3 heteroatoms. The number of hydrogen-bond donors (Lipinski definition) is 0. The lowest BCUT2D eigenvalue weighted by Crippen LogP contribution is -2.10. The minimum atomic E-state index is 0.410. The van der Waals surface area contributed by atoms with E-state index >= 15 is 0 Å². The summed E-state index contributed by atoms with van der Waals surface area (Å²) in [6.45, 7) is 0. The summed E-state index contributed by atoms with van der Waals surface area (Å²) in [5.41, 5.74) is 0. The summed E-state index contributed by atoms with van der Waals surface area (Å²) >= 11 is 0.850. The molecule has 2 rings (SSSR count). The monoisotopic (exact) mass is 154 g/mol. The third-order valence-electron chi connectivity index (χ3n) is 2.96. The average molecular weight is 154 g/mol. The average Bonchev–Trinajstić information content (AvgIpc) is 2.43. The zero-order chi connectivity index (χ0) is 7.14. The number of carbonyl (C=O) groups excluding carboxylic acids is 1. The molecule has 0 saturated heterocycles.